The van der Waals surface area contributed by atoms with E-state index in [9.17, 15) is 0 Å². The van der Waals surface area contributed by atoms with Crippen LogP contribution in [0.5, 0.6) is 0 Å². The molecule has 1 saturated heterocycles. The zero-order valence-electron chi connectivity index (χ0n) is 13.3. The van der Waals surface area contributed by atoms with Crippen molar-refractivity contribution in [2.45, 2.75) is 76.7 Å². The maximum atomic E-state index is 3.87. The molecule has 0 spiro atoms. The van der Waals surface area contributed by atoms with Crippen molar-refractivity contribution in [1.29, 1.82) is 0 Å². The first-order valence-corrected chi connectivity index (χ1v) is 9.37. The second-order valence-corrected chi connectivity index (χ2v) is 7.52. The molecule has 0 radical (unpaired) electrons. The standard InChI is InChI=1S/C18H34N2/c1-4-12-20(13-5-1)14-6-11-19-18-10-9-16-7-2-3-8-17(16)15-18/h16-19H,1-15H2. The van der Waals surface area contributed by atoms with Crippen molar-refractivity contribution in [2.24, 2.45) is 11.8 Å². The van der Waals surface area contributed by atoms with Gasteiger partial charge >= 0.3 is 0 Å². The summed E-state index contributed by atoms with van der Waals surface area (Å²) < 4.78 is 0. The minimum atomic E-state index is 0.843. The summed E-state index contributed by atoms with van der Waals surface area (Å²) in [6.45, 7) is 5.28. The van der Waals surface area contributed by atoms with Gasteiger partial charge in [-0.2, -0.15) is 0 Å². The van der Waals surface area contributed by atoms with Crippen molar-refractivity contribution in [2.75, 3.05) is 26.2 Å². The lowest BCUT2D eigenvalue weighted by Crippen LogP contribution is -2.40. The van der Waals surface area contributed by atoms with E-state index in [0.29, 0.717) is 0 Å². The second-order valence-electron chi connectivity index (χ2n) is 7.52. The van der Waals surface area contributed by atoms with Gasteiger partial charge in [0.25, 0.3) is 0 Å². The minimum absolute atomic E-state index is 0.843. The number of piperidine rings is 1. The minimum Gasteiger partial charge on any atom is -0.314 e. The van der Waals surface area contributed by atoms with Crippen molar-refractivity contribution in [3.8, 4) is 0 Å². The smallest absolute Gasteiger partial charge is 0.00699 e. The van der Waals surface area contributed by atoms with Gasteiger partial charge in [-0.05, 0) is 76.5 Å². The van der Waals surface area contributed by atoms with Crippen LogP contribution in [0.1, 0.15) is 70.6 Å². The molecule has 3 aliphatic rings. The van der Waals surface area contributed by atoms with Crippen LogP contribution in [0.4, 0.5) is 0 Å². The van der Waals surface area contributed by atoms with Gasteiger partial charge in [-0.3, -0.25) is 0 Å². The zero-order chi connectivity index (χ0) is 13.6. The summed E-state index contributed by atoms with van der Waals surface area (Å²) in [5.74, 6) is 2.16. The van der Waals surface area contributed by atoms with E-state index in [1.807, 2.05) is 0 Å². The fraction of sp³-hybridized carbons (Fsp3) is 1.00. The summed E-state index contributed by atoms with van der Waals surface area (Å²) in [5, 5.41) is 3.87. The van der Waals surface area contributed by atoms with Crippen molar-refractivity contribution < 1.29 is 0 Å². The molecule has 1 aliphatic heterocycles. The van der Waals surface area contributed by atoms with Gasteiger partial charge in [0.15, 0.2) is 0 Å². The van der Waals surface area contributed by atoms with Crippen LogP contribution < -0.4 is 5.32 Å². The normalized spacial score (nSPS) is 35.7. The van der Waals surface area contributed by atoms with Gasteiger partial charge in [0, 0.05) is 6.04 Å². The predicted octanol–water partition coefficient (Wildman–Crippen LogP) is 3.81. The maximum absolute atomic E-state index is 3.87. The molecule has 20 heavy (non-hydrogen) atoms. The fourth-order valence-electron chi connectivity index (χ4n) is 4.85. The average Bonchev–Trinajstić information content (AvgIpc) is 2.52. The molecule has 3 atom stereocenters. The van der Waals surface area contributed by atoms with Gasteiger partial charge in [0.05, 0.1) is 0 Å². The lowest BCUT2D eigenvalue weighted by atomic mass is 9.69. The van der Waals surface area contributed by atoms with E-state index in [1.54, 1.807) is 0 Å². The van der Waals surface area contributed by atoms with Crippen LogP contribution in [-0.2, 0) is 0 Å². The lowest BCUT2D eigenvalue weighted by Gasteiger charge is -2.39. The van der Waals surface area contributed by atoms with E-state index in [4.69, 9.17) is 0 Å². The third-order valence-electron chi connectivity index (χ3n) is 6.07. The molecular weight excluding hydrogens is 244 g/mol. The highest BCUT2D eigenvalue weighted by Gasteiger charge is 2.31. The summed E-state index contributed by atoms with van der Waals surface area (Å²) in [6.07, 6.45) is 16.2. The van der Waals surface area contributed by atoms with E-state index in [-0.39, 0.29) is 0 Å². The van der Waals surface area contributed by atoms with Crippen molar-refractivity contribution in [3.05, 3.63) is 0 Å². The Hall–Kier alpha value is -0.0800. The first-order chi connectivity index (χ1) is 9.92. The molecule has 0 bridgehead atoms. The molecule has 0 amide bonds. The number of nitrogens with one attached hydrogen (secondary N) is 1. The van der Waals surface area contributed by atoms with Gasteiger partial charge in [0.2, 0.25) is 0 Å². The average molecular weight is 278 g/mol. The van der Waals surface area contributed by atoms with Crippen LogP contribution >= 0.6 is 0 Å². The van der Waals surface area contributed by atoms with Gasteiger partial charge in [0.1, 0.15) is 0 Å². The van der Waals surface area contributed by atoms with E-state index < -0.39 is 0 Å². The Bertz CT molecular complexity index is 273. The molecule has 1 heterocycles. The Morgan fingerprint density at radius 1 is 0.800 bits per heavy atom. The zero-order valence-corrected chi connectivity index (χ0v) is 13.3. The fourth-order valence-corrected chi connectivity index (χ4v) is 4.85. The number of hydrogen-bond donors (Lipinski definition) is 1. The molecule has 2 heteroatoms. The quantitative estimate of drug-likeness (QED) is 0.769. The van der Waals surface area contributed by atoms with Crippen molar-refractivity contribution in [3.63, 3.8) is 0 Å². The van der Waals surface area contributed by atoms with Crippen molar-refractivity contribution >= 4 is 0 Å². The predicted molar refractivity (Wildman–Crippen MR) is 86.0 cm³/mol. The Labute approximate surface area is 125 Å². The summed E-state index contributed by atoms with van der Waals surface area (Å²) in [6, 6.07) is 0.843. The topological polar surface area (TPSA) is 15.3 Å². The molecule has 2 saturated carbocycles. The Morgan fingerprint density at radius 3 is 2.45 bits per heavy atom. The first kappa shape index (κ1) is 14.8. The molecule has 3 rings (SSSR count). The number of nitrogens with zero attached hydrogens (tertiary/aromatic N) is 1. The van der Waals surface area contributed by atoms with E-state index in [0.717, 1.165) is 17.9 Å². The Balaban J connectivity index is 1.28. The maximum Gasteiger partial charge on any atom is 0.00699 e. The number of fused-ring (bicyclic) bond motifs is 1. The molecule has 2 nitrogen and oxygen atoms in total. The summed E-state index contributed by atoms with van der Waals surface area (Å²) in [5.41, 5.74) is 0. The molecule has 3 unspecified atom stereocenters. The van der Waals surface area contributed by atoms with Gasteiger partial charge in [-0.25, -0.2) is 0 Å². The number of rotatable bonds is 5. The molecule has 1 N–H and O–H groups in total. The van der Waals surface area contributed by atoms with E-state index in [2.05, 4.69) is 10.2 Å². The van der Waals surface area contributed by atoms with Gasteiger partial charge < -0.3 is 10.2 Å². The molecular formula is C18H34N2. The third-order valence-corrected chi connectivity index (χ3v) is 6.07. The highest BCUT2D eigenvalue weighted by atomic mass is 15.1. The lowest BCUT2D eigenvalue weighted by molar-refractivity contribution is 0.142. The van der Waals surface area contributed by atoms with Crippen LogP contribution in [-0.4, -0.2) is 37.1 Å². The van der Waals surface area contributed by atoms with Crippen LogP contribution in [0.3, 0.4) is 0 Å². The Kier molecular flexibility index (Phi) is 5.78. The molecule has 3 fully saturated rings. The first-order valence-electron chi connectivity index (χ1n) is 9.37. The van der Waals surface area contributed by atoms with Gasteiger partial charge in [-0.15, -0.1) is 0 Å². The summed E-state index contributed by atoms with van der Waals surface area (Å²) in [4.78, 5) is 2.67. The molecule has 116 valence electrons. The van der Waals surface area contributed by atoms with Crippen LogP contribution in [0.25, 0.3) is 0 Å². The molecule has 0 aromatic rings. The second kappa shape index (κ2) is 7.79. The summed E-state index contributed by atoms with van der Waals surface area (Å²) in [7, 11) is 0. The molecule has 0 aromatic carbocycles. The third kappa shape index (κ3) is 4.21. The highest BCUT2D eigenvalue weighted by Crippen LogP contribution is 2.40. The van der Waals surface area contributed by atoms with Crippen molar-refractivity contribution in [1.82, 2.24) is 10.2 Å². The van der Waals surface area contributed by atoms with E-state index >= 15 is 0 Å². The number of hydrogen-bond acceptors (Lipinski definition) is 2. The Morgan fingerprint density at radius 2 is 1.60 bits per heavy atom. The van der Waals surface area contributed by atoms with Crippen LogP contribution in [0.15, 0.2) is 0 Å². The van der Waals surface area contributed by atoms with Gasteiger partial charge in [-0.1, -0.05) is 32.1 Å². The monoisotopic (exact) mass is 278 g/mol. The summed E-state index contributed by atoms with van der Waals surface area (Å²) >= 11 is 0. The molecule has 0 aromatic heterocycles. The SMILES string of the molecule is C1CCN(CCCNC2CCC3CCCCC3C2)CC1. The van der Waals surface area contributed by atoms with E-state index in [1.165, 1.54) is 96.8 Å². The number of likely N-dealkylation sites (tertiary alicyclic amines) is 1. The highest BCUT2D eigenvalue weighted by molar-refractivity contribution is 4.86. The molecule has 2 aliphatic carbocycles. The largest absolute Gasteiger partial charge is 0.314 e. The van der Waals surface area contributed by atoms with Crippen LogP contribution in [0, 0.1) is 11.8 Å². The van der Waals surface area contributed by atoms with Crippen LogP contribution in [0.2, 0.25) is 0 Å².